The molecule has 108 valence electrons. The quantitative estimate of drug-likeness (QED) is 0.821. The first kappa shape index (κ1) is 16.3. The minimum atomic E-state index is -0.734. The molecule has 0 radical (unpaired) electrons. The van der Waals surface area contributed by atoms with Crippen molar-refractivity contribution in [2.75, 3.05) is 0 Å². The summed E-state index contributed by atoms with van der Waals surface area (Å²) in [5.74, 6) is 0.969. The Labute approximate surface area is 124 Å². The molecule has 3 nitrogen and oxygen atoms in total. The minimum Gasteiger partial charge on any atom is -0.508 e. The number of hydrogen-bond acceptors (Lipinski definition) is 3. The van der Waals surface area contributed by atoms with Crippen molar-refractivity contribution in [3.8, 4) is 11.5 Å². The molecule has 2 aromatic rings. The Kier molecular flexibility index (Phi) is 6.36. The molecule has 0 saturated carbocycles. The normalized spacial score (nSPS) is 11.2. The van der Waals surface area contributed by atoms with Crippen LogP contribution in [0.3, 0.4) is 0 Å². The van der Waals surface area contributed by atoms with Crippen LogP contribution < -0.4 is 4.74 Å². The molecule has 2 N–H and O–H groups in total. The largest absolute Gasteiger partial charge is 0.508 e. The lowest BCUT2D eigenvalue weighted by molar-refractivity contribution is -0.000288. The summed E-state index contributed by atoms with van der Waals surface area (Å²) in [7, 11) is 0. The molecule has 0 spiro atoms. The average Bonchev–Trinajstić information content (AvgIpc) is 2.37. The number of halogens is 1. The van der Waals surface area contributed by atoms with Crippen molar-refractivity contribution in [3.63, 3.8) is 0 Å². The molecule has 1 atom stereocenters. The van der Waals surface area contributed by atoms with Crippen LogP contribution in [-0.2, 0) is 0 Å². The smallest absolute Gasteiger partial charge is 0.194 e. The van der Waals surface area contributed by atoms with Gasteiger partial charge in [-0.3, -0.25) is 0 Å². The number of aliphatic hydroxyl groups is 1. The number of ether oxygens (including phenoxy) is 1. The molecule has 1 unspecified atom stereocenters. The first-order valence-electron chi connectivity index (χ1n) is 6.25. The van der Waals surface area contributed by atoms with Crippen molar-refractivity contribution < 1.29 is 14.9 Å². The Bertz CT molecular complexity index is 516. The number of aryl methyl sites for hydroxylation is 2. The number of aliphatic hydroxyl groups excluding tert-OH is 1. The van der Waals surface area contributed by atoms with Gasteiger partial charge in [0.25, 0.3) is 0 Å². The van der Waals surface area contributed by atoms with Gasteiger partial charge in [-0.15, -0.1) is 0 Å². The molecule has 0 amide bonds. The predicted molar refractivity (Wildman–Crippen MR) is 81.3 cm³/mol. The zero-order valence-corrected chi connectivity index (χ0v) is 12.6. The summed E-state index contributed by atoms with van der Waals surface area (Å²) in [6.45, 7) is 5.32. The van der Waals surface area contributed by atoms with E-state index in [9.17, 15) is 0 Å². The van der Waals surface area contributed by atoms with Crippen LogP contribution in [0.4, 0.5) is 0 Å². The average molecular weight is 295 g/mol. The second kappa shape index (κ2) is 7.78. The maximum Gasteiger partial charge on any atom is 0.194 e. The van der Waals surface area contributed by atoms with Crippen LogP contribution in [0, 0.1) is 13.8 Å². The molecule has 2 aromatic carbocycles. The summed E-state index contributed by atoms with van der Waals surface area (Å²) >= 11 is 5.84. The molecule has 2 rings (SSSR count). The molecule has 0 aromatic heterocycles. The Morgan fingerprint density at radius 1 is 1.05 bits per heavy atom. The third-order valence-corrected chi connectivity index (χ3v) is 3.07. The van der Waals surface area contributed by atoms with Crippen molar-refractivity contribution in [2.45, 2.75) is 27.1 Å². The highest BCUT2D eigenvalue weighted by molar-refractivity contribution is 6.32. The highest BCUT2D eigenvalue weighted by atomic mass is 35.5. The van der Waals surface area contributed by atoms with Gasteiger partial charge in [-0.2, -0.15) is 0 Å². The maximum atomic E-state index is 9.06. The molecule has 20 heavy (non-hydrogen) atoms. The van der Waals surface area contributed by atoms with Crippen LogP contribution in [0.25, 0.3) is 0 Å². The van der Waals surface area contributed by atoms with Gasteiger partial charge < -0.3 is 14.9 Å². The lowest BCUT2D eigenvalue weighted by Gasteiger charge is -2.06. The van der Waals surface area contributed by atoms with Crippen LogP contribution >= 0.6 is 11.6 Å². The lowest BCUT2D eigenvalue weighted by atomic mass is 10.1. The monoisotopic (exact) mass is 294 g/mol. The summed E-state index contributed by atoms with van der Waals surface area (Å²) in [6, 6.07) is 12.5. The van der Waals surface area contributed by atoms with Crippen molar-refractivity contribution >= 4 is 11.6 Å². The summed E-state index contributed by atoms with van der Waals surface area (Å²) < 4.78 is 4.97. The van der Waals surface area contributed by atoms with Gasteiger partial charge in [-0.25, -0.2) is 0 Å². The van der Waals surface area contributed by atoms with Crippen LogP contribution in [0.5, 0.6) is 11.5 Å². The van der Waals surface area contributed by atoms with E-state index in [1.807, 2.05) is 32.0 Å². The number of benzene rings is 2. The van der Waals surface area contributed by atoms with Gasteiger partial charge in [0.1, 0.15) is 11.5 Å². The van der Waals surface area contributed by atoms with Crippen molar-refractivity contribution in [1.82, 2.24) is 0 Å². The third-order valence-electron chi connectivity index (χ3n) is 2.47. The second-order valence-electron chi connectivity index (χ2n) is 4.42. The van der Waals surface area contributed by atoms with Gasteiger partial charge in [0.05, 0.1) is 0 Å². The molecule has 0 aliphatic carbocycles. The molecule has 4 heteroatoms. The number of para-hydroxylation sites is 1. The SMILES string of the molecule is CC(O)Oc1ccccc1.Cc1cc(O)cc(C)c1Cl. The first-order valence-corrected chi connectivity index (χ1v) is 6.63. The van der Waals surface area contributed by atoms with Gasteiger partial charge in [-0.1, -0.05) is 29.8 Å². The number of phenolic OH excluding ortho intramolecular Hbond substituents is 1. The van der Waals surface area contributed by atoms with E-state index in [0.29, 0.717) is 5.75 Å². The molecule has 0 aliphatic rings. The number of aromatic hydroxyl groups is 1. The fourth-order valence-corrected chi connectivity index (χ4v) is 1.73. The van der Waals surface area contributed by atoms with E-state index in [1.165, 1.54) is 0 Å². The Morgan fingerprint density at radius 3 is 2.00 bits per heavy atom. The van der Waals surface area contributed by atoms with E-state index in [0.717, 1.165) is 16.1 Å². The molecule has 0 saturated heterocycles. The van der Waals surface area contributed by atoms with Gasteiger partial charge in [-0.05, 0) is 56.2 Å². The minimum absolute atomic E-state index is 0.277. The van der Waals surface area contributed by atoms with E-state index >= 15 is 0 Å². The van der Waals surface area contributed by atoms with Crippen LogP contribution in [0.2, 0.25) is 5.02 Å². The fraction of sp³-hybridized carbons (Fsp3) is 0.250. The number of phenols is 1. The summed E-state index contributed by atoms with van der Waals surface area (Å²) in [5.41, 5.74) is 1.83. The van der Waals surface area contributed by atoms with Crippen molar-refractivity contribution in [2.24, 2.45) is 0 Å². The number of hydrogen-bond donors (Lipinski definition) is 2. The maximum absolute atomic E-state index is 9.06. The standard InChI is InChI=1S/C8H9ClO.C8H10O2/c1-5-3-7(10)4-6(2)8(5)9;1-7(9)10-8-5-3-2-4-6-8/h3-4,10H,1-2H3;2-7,9H,1H3. The van der Waals surface area contributed by atoms with E-state index in [4.69, 9.17) is 26.6 Å². The van der Waals surface area contributed by atoms with Gasteiger partial charge in [0.2, 0.25) is 0 Å². The Morgan fingerprint density at radius 2 is 1.55 bits per heavy atom. The first-order chi connectivity index (χ1) is 9.40. The summed E-state index contributed by atoms with van der Waals surface area (Å²) in [5, 5.41) is 18.6. The van der Waals surface area contributed by atoms with E-state index in [2.05, 4.69) is 0 Å². The predicted octanol–water partition coefficient (Wildman–Crippen LogP) is 4.07. The summed E-state index contributed by atoms with van der Waals surface area (Å²) in [6.07, 6.45) is -0.734. The van der Waals surface area contributed by atoms with Crippen LogP contribution in [-0.4, -0.2) is 16.5 Å². The van der Waals surface area contributed by atoms with Crippen LogP contribution in [0.1, 0.15) is 18.1 Å². The molecule has 0 heterocycles. The van der Waals surface area contributed by atoms with Crippen molar-refractivity contribution in [3.05, 3.63) is 58.6 Å². The van der Waals surface area contributed by atoms with E-state index in [-0.39, 0.29) is 5.75 Å². The Hall–Kier alpha value is -1.71. The van der Waals surface area contributed by atoms with Crippen molar-refractivity contribution in [1.29, 1.82) is 0 Å². The number of rotatable bonds is 2. The highest BCUT2D eigenvalue weighted by Gasteiger charge is 1.99. The lowest BCUT2D eigenvalue weighted by Crippen LogP contribution is -2.08. The molecular formula is C16H19ClO3. The molecule has 0 fully saturated rings. The molecular weight excluding hydrogens is 276 g/mol. The van der Waals surface area contributed by atoms with E-state index in [1.54, 1.807) is 31.2 Å². The summed E-state index contributed by atoms with van der Waals surface area (Å²) in [4.78, 5) is 0. The van der Waals surface area contributed by atoms with Gasteiger partial charge in [0.15, 0.2) is 6.29 Å². The highest BCUT2D eigenvalue weighted by Crippen LogP contribution is 2.24. The second-order valence-corrected chi connectivity index (χ2v) is 4.80. The van der Waals surface area contributed by atoms with Gasteiger partial charge >= 0.3 is 0 Å². The molecule has 0 bridgehead atoms. The fourth-order valence-electron chi connectivity index (χ4n) is 1.62. The molecule has 0 aliphatic heterocycles. The van der Waals surface area contributed by atoms with Gasteiger partial charge in [0, 0.05) is 5.02 Å². The zero-order chi connectivity index (χ0) is 15.1. The Balaban J connectivity index is 0.000000200. The third kappa shape index (κ3) is 5.51. The van der Waals surface area contributed by atoms with E-state index < -0.39 is 6.29 Å². The zero-order valence-electron chi connectivity index (χ0n) is 11.8. The topological polar surface area (TPSA) is 49.7 Å². The van der Waals surface area contributed by atoms with Crippen LogP contribution in [0.15, 0.2) is 42.5 Å².